The molecular formula is C17H21F2NO. The number of allylic oxidation sites excluding steroid dienone is 2. The van der Waals surface area contributed by atoms with Gasteiger partial charge in [-0.25, -0.2) is 0 Å². The van der Waals surface area contributed by atoms with Gasteiger partial charge >= 0.3 is 6.61 Å². The second-order valence-corrected chi connectivity index (χ2v) is 6.09. The molecule has 114 valence electrons. The van der Waals surface area contributed by atoms with Crippen LogP contribution in [0, 0.1) is 17.8 Å². The quantitative estimate of drug-likeness (QED) is 0.796. The van der Waals surface area contributed by atoms with Crippen LogP contribution in [0.25, 0.3) is 0 Å². The molecule has 1 aromatic carbocycles. The van der Waals surface area contributed by atoms with Crippen molar-refractivity contribution in [3.8, 4) is 5.75 Å². The third-order valence-corrected chi connectivity index (χ3v) is 4.70. The molecule has 3 rings (SSSR count). The van der Waals surface area contributed by atoms with Crippen LogP contribution in [-0.4, -0.2) is 13.2 Å². The molecule has 0 spiro atoms. The number of benzene rings is 1. The lowest BCUT2D eigenvalue weighted by molar-refractivity contribution is -0.0506. The third kappa shape index (κ3) is 3.26. The van der Waals surface area contributed by atoms with Crippen molar-refractivity contribution in [1.29, 1.82) is 0 Å². The van der Waals surface area contributed by atoms with E-state index in [0.29, 0.717) is 11.8 Å². The van der Waals surface area contributed by atoms with Crippen LogP contribution in [0.15, 0.2) is 36.4 Å². The predicted octanol–water partition coefficient (Wildman–Crippen LogP) is 4.15. The summed E-state index contributed by atoms with van der Waals surface area (Å²) in [5.74, 6) is 2.39. The molecule has 1 N–H and O–H groups in total. The second kappa shape index (κ2) is 6.14. The van der Waals surface area contributed by atoms with Crippen LogP contribution in [-0.2, 0) is 0 Å². The fraction of sp³-hybridized carbons (Fsp3) is 0.529. The average Bonchev–Trinajstić information content (AvgIpc) is 3.07. The largest absolute Gasteiger partial charge is 0.434 e. The fourth-order valence-corrected chi connectivity index (χ4v) is 3.61. The van der Waals surface area contributed by atoms with Crippen molar-refractivity contribution in [2.45, 2.75) is 32.4 Å². The maximum atomic E-state index is 12.4. The molecule has 1 saturated carbocycles. The van der Waals surface area contributed by atoms with Crippen molar-refractivity contribution < 1.29 is 13.5 Å². The number of hydrogen-bond donors (Lipinski definition) is 1. The molecule has 0 saturated heterocycles. The summed E-state index contributed by atoms with van der Waals surface area (Å²) in [5, 5.41) is 3.48. The summed E-state index contributed by atoms with van der Waals surface area (Å²) >= 11 is 0. The standard InChI is InChI=1S/C17H21F2NO/c1-11(15-4-2-3-5-16(15)21-17(18)19)20-10-14-9-12-6-7-13(14)8-12/h2-7,11-14,17,20H,8-10H2,1H3. The Hall–Kier alpha value is -1.42. The van der Waals surface area contributed by atoms with Gasteiger partial charge in [0.2, 0.25) is 0 Å². The van der Waals surface area contributed by atoms with E-state index in [9.17, 15) is 8.78 Å². The van der Waals surface area contributed by atoms with Crippen LogP contribution < -0.4 is 10.1 Å². The van der Waals surface area contributed by atoms with Crippen LogP contribution in [0.1, 0.15) is 31.4 Å². The highest BCUT2D eigenvalue weighted by Gasteiger charge is 2.35. The van der Waals surface area contributed by atoms with Crippen molar-refractivity contribution in [3.63, 3.8) is 0 Å². The molecule has 1 fully saturated rings. The van der Waals surface area contributed by atoms with Gasteiger partial charge in [-0.05, 0) is 50.1 Å². The number of para-hydroxylation sites is 1. The first-order valence-electron chi connectivity index (χ1n) is 7.59. The molecule has 2 aliphatic rings. The van der Waals surface area contributed by atoms with Gasteiger partial charge in [-0.2, -0.15) is 8.78 Å². The zero-order valence-corrected chi connectivity index (χ0v) is 12.1. The Kier molecular flexibility index (Phi) is 4.24. The van der Waals surface area contributed by atoms with Gasteiger partial charge in [-0.3, -0.25) is 0 Å². The zero-order valence-electron chi connectivity index (χ0n) is 12.1. The Labute approximate surface area is 124 Å². The molecule has 4 unspecified atom stereocenters. The van der Waals surface area contributed by atoms with Crippen molar-refractivity contribution in [1.82, 2.24) is 5.32 Å². The maximum Gasteiger partial charge on any atom is 0.387 e. The van der Waals surface area contributed by atoms with Gasteiger partial charge in [0.05, 0.1) is 0 Å². The summed E-state index contributed by atoms with van der Waals surface area (Å²) in [6.07, 6.45) is 7.19. The molecule has 0 radical (unpaired) electrons. The van der Waals surface area contributed by atoms with Gasteiger partial charge in [-0.15, -0.1) is 0 Å². The van der Waals surface area contributed by atoms with Gasteiger partial charge < -0.3 is 10.1 Å². The molecule has 1 aromatic rings. The third-order valence-electron chi connectivity index (χ3n) is 4.70. The van der Waals surface area contributed by atoms with Gasteiger partial charge in [0.15, 0.2) is 0 Å². The lowest BCUT2D eigenvalue weighted by atomic mass is 9.93. The van der Waals surface area contributed by atoms with Crippen molar-refractivity contribution in [2.75, 3.05) is 6.54 Å². The van der Waals surface area contributed by atoms with E-state index in [-0.39, 0.29) is 11.8 Å². The number of rotatable bonds is 6. The summed E-state index contributed by atoms with van der Waals surface area (Å²) in [5.41, 5.74) is 0.788. The lowest BCUT2D eigenvalue weighted by Crippen LogP contribution is -2.28. The molecule has 2 nitrogen and oxygen atoms in total. The predicted molar refractivity (Wildman–Crippen MR) is 78.3 cm³/mol. The minimum atomic E-state index is -2.78. The number of hydrogen-bond acceptors (Lipinski definition) is 2. The topological polar surface area (TPSA) is 21.3 Å². The van der Waals surface area contributed by atoms with Crippen LogP contribution in [0.4, 0.5) is 8.78 Å². The molecular weight excluding hydrogens is 272 g/mol. The Balaban J connectivity index is 1.60. The Bertz CT molecular complexity index is 517. The molecule has 4 atom stereocenters. The van der Waals surface area contributed by atoms with Gasteiger partial charge in [0, 0.05) is 11.6 Å². The van der Waals surface area contributed by atoms with Crippen LogP contribution in [0.3, 0.4) is 0 Å². The normalized spacial score (nSPS) is 28.3. The van der Waals surface area contributed by atoms with Crippen molar-refractivity contribution in [3.05, 3.63) is 42.0 Å². The highest BCUT2D eigenvalue weighted by Crippen LogP contribution is 2.43. The van der Waals surface area contributed by atoms with Crippen LogP contribution in [0.5, 0.6) is 5.75 Å². The number of alkyl halides is 2. The minimum Gasteiger partial charge on any atom is -0.434 e. The average molecular weight is 293 g/mol. The van der Waals surface area contributed by atoms with E-state index in [0.717, 1.165) is 18.0 Å². The van der Waals surface area contributed by atoms with E-state index in [1.54, 1.807) is 12.1 Å². The van der Waals surface area contributed by atoms with Crippen molar-refractivity contribution >= 4 is 0 Å². The minimum absolute atomic E-state index is 0.00283. The maximum absolute atomic E-state index is 12.4. The van der Waals surface area contributed by atoms with E-state index in [1.807, 2.05) is 19.1 Å². The van der Waals surface area contributed by atoms with Gasteiger partial charge in [-0.1, -0.05) is 30.4 Å². The Morgan fingerprint density at radius 3 is 2.71 bits per heavy atom. The summed E-state index contributed by atoms with van der Waals surface area (Å²) in [4.78, 5) is 0. The molecule has 2 aliphatic carbocycles. The fourth-order valence-electron chi connectivity index (χ4n) is 3.61. The van der Waals surface area contributed by atoms with Crippen molar-refractivity contribution in [2.24, 2.45) is 17.8 Å². The molecule has 4 heteroatoms. The summed E-state index contributed by atoms with van der Waals surface area (Å²) in [7, 11) is 0. The Morgan fingerprint density at radius 1 is 1.24 bits per heavy atom. The monoisotopic (exact) mass is 293 g/mol. The number of ether oxygens (including phenoxy) is 1. The highest BCUT2D eigenvalue weighted by molar-refractivity contribution is 5.35. The molecule has 0 aliphatic heterocycles. The highest BCUT2D eigenvalue weighted by atomic mass is 19.3. The molecule has 21 heavy (non-hydrogen) atoms. The first-order valence-corrected chi connectivity index (χ1v) is 7.59. The van der Waals surface area contributed by atoms with Crippen LogP contribution in [0.2, 0.25) is 0 Å². The molecule has 2 bridgehead atoms. The SMILES string of the molecule is CC(NCC1CC2C=CC1C2)c1ccccc1OC(F)F. The zero-order chi connectivity index (χ0) is 14.8. The van der Waals surface area contributed by atoms with E-state index in [2.05, 4.69) is 22.2 Å². The lowest BCUT2D eigenvalue weighted by Gasteiger charge is -2.23. The number of halogens is 2. The second-order valence-electron chi connectivity index (χ2n) is 6.09. The summed E-state index contributed by atoms with van der Waals surface area (Å²) in [6.45, 7) is 0.140. The number of fused-ring (bicyclic) bond motifs is 2. The molecule has 0 amide bonds. The van der Waals surface area contributed by atoms with E-state index in [1.165, 1.54) is 12.8 Å². The van der Waals surface area contributed by atoms with Gasteiger partial charge in [0.1, 0.15) is 5.75 Å². The van der Waals surface area contributed by atoms with E-state index >= 15 is 0 Å². The van der Waals surface area contributed by atoms with Crippen LogP contribution >= 0.6 is 0 Å². The Morgan fingerprint density at radius 2 is 2.05 bits per heavy atom. The molecule has 0 heterocycles. The van der Waals surface area contributed by atoms with Gasteiger partial charge in [0.25, 0.3) is 0 Å². The first kappa shape index (κ1) is 14.5. The summed E-state index contributed by atoms with van der Waals surface area (Å²) < 4.78 is 29.5. The first-order chi connectivity index (χ1) is 10.1. The van der Waals surface area contributed by atoms with E-state index in [4.69, 9.17) is 0 Å². The van der Waals surface area contributed by atoms with E-state index < -0.39 is 6.61 Å². The number of nitrogens with one attached hydrogen (secondary N) is 1. The molecule has 0 aromatic heterocycles. The smallest absolute Gasteiger partial charge is 0.387 e. The summed E-state index contributed by atoms with van der Waals surface area (Å²) in [6, 6.07) is 7.01.